The van der Waals surface area contributed by atoms with Crippen LogP contribution in [0.1, 0.15) is 20.7 Å². The number of carbonyl (C=O) groups excluding carboxylic acids is 2. The molecule has 0 saturated carbocycles. The second kappa shape index (κ2) is 5.35. The largest absolute Gasteiger partial charge is 0.496 e. The van der Waals surface area contributed by atoms with Crippen molar-refractivity contribution in [3.8, 4) is 16.9 Å². The quantitative estimate of drug-likeness (QED) is 0.852. The number of hydrogen-bond acceptors (Lipinski definition) is 3. The number of primary amides is 1. The third-order valence-electron chi connectivity index (χ3n) is 2.82. The molecular weight excluding hydrogens is 242 g/mol. The first-order valence-electron chi connectivity index (χ1n) is 5.69. The van der Waals surface area contributed by atoms with Gasteiger partial charge in [-0.15, -0.1) is 0 Å². The summed E-state index contributed by atoms with van der Waals surface area (Å²) >= 11 is 0. The molecule has 0 aromatic heterocycles. The van der Waals surface area contributed by atoms with Gasteiger partial charge in [-0.25, -0.2) is 0 Å². The van der Waals surface area contributed by atoms with Crippen LogP contribution >= 0.6 is 0 Å². The molecule has 0 atom stereocenters. The maximum atomic E-state index is 11.1. The Bertz CT molecular complexity index is 635. The first-order chi connectivity index (χ1) is 9.15. The third kappa shape index (κ3) is 2.63. The minimum absolute atomic E-state index is 0.382. The van der Waals surface area contributed by atoms with Gasteiger partial charge in [0.15, 0.2) is 0 Å². The van der Waals surface area contributed by atoms with Crippen molar-refractivity contribution in [1.82, 2.24) is 0 Å². The van der Waals surface area contributed by atoms with E-state index in [1.165, 1.54) is 7.11 Å². The van der Waals surface area contributed by atoms with Crippen molar-refractivity contribution in [3.05, 3.63) is 53.6 Å². The van der Waals surface area contributed by atoms with Crippen LogP contribution in [0.25, 0.3) is 11.1 Å². The molecule has 19 heavy (non-hydrogen) atoms. The van der Waals surface area contributed by atoms with Gasteiger partial charge in [0.25, 0.3) is 0 Å². The maximum Gasteiger partial charge on any atom is 0.248 e. The van der Waals surface area contributed by atoms with Crippen LogP contribution in [0.5, 0.6) is 5.75 Å². The fourth-order valence-corrected chi connectivity index (χ4v) is 1.86. The average Bonchev–Trinajstić information content (AvgIpc) is 2.46. The van der Waals surface area contributed by atoms with Crippen LogP contribution < -0.4 is 10.5 Å². The van der Waals surface area contributed by atoms with Crippen molar-refractivity contribution in [2.45, 2.75) is 0 Å². The van der Waals surface area contributed by atoms with Gasteiger partial charge in [0.2, 0.25) is 5.91 Å². The first kappa shape index (κ1) is 12.8. The number of rotatable bonds is 4. The summed E-state index contributed by atoms with van der Waals surface area (Å²) in [6, 6.07) is 12.1. The molecule has 96 valence electrons. The molecule has 4 heteroatoms. The predicted molar refractivity (Wildman–Crippen MR) is 72.3 cm³/mol. The summed E-state index contributed by atoms with van der Waals surface area (Å²) in [5.41, 5.74) is 7.84. The van der Waals surface area contributed by atoms with Crippen molar-refractivity contribution >= 4 is 12.2 Å². The van der Waals surface area contributed by atoms with Gasteiger partial charge in [-0.2, -0.15) is 0 Å². The van der Waals surface area contributed by atoms with Gasteiger partial charge in [-0.3, -0.25) is 9.59 Å². The molecule has 2 aromatic rings. The summed E-state index contributed by atoms with van der Waals surface area (Å²) in [6.45, 7) is 0. The summed E-state index contributed by atoms with van der Waals surface area (Å²) < 4.78 is 5.27. The molecule has 1 amide bonds. The highest BCUT2D eigenvalue weighted by molar-refractivity contribution is 5.94. The van der Waals surface area contributed by atoms with Crippen LogP contribution in [0, 0.1) is 0 Å². The number of hydrogen-bond donors (Lipinski definition) is 1. The Morgan fingerprint density at radius 1 is 1.21 bits per heavy atom. The van der Waals surface area contributed by atoms with Gasteiger partial charge < -0.3 is 10.5 Å². The van der Waals surface area contributed by atoms with E-state index < -0.39 is 5.91 Å². The zero-order chi connectivity index (χ0) is 13.8. The van der Waals surface area contributed by atoms with Crippen LogP contribution in [-0.2, 0) is 0 Å². The fourth-order valence-electron chi connectivity index (χ4n) is 1.86. The highest BCUT2D eigenvalue weighted by Crippen LogP contribution is 2.31. The van der Waals surface area contributed by atoms with E-state index in [-0.39, 0.29) is 0 Å². The maximum absolute atomic E-state index is 11.1. The van der Waals surface area contributed by atoms with Crippen LogP contribution in [0.4, 0.5) is 0 Å². The molecule has 0 aliphatic rings. The Morgan fingerprint density at radius 2 is 2.00 bits per heavy atom. The summed E-state index contributed by atoms with van der Waals surface area (Å²) in [6.07, 6.45) is 0.785. The number of methoxy groups -OCH3 is 1. The lowest BCUT2D eigenvalue weighted by Crippen LogP contribution is -2.10. The molecule has 0 saturated heterocycles. The first-order valence-corrected chi connectivity index (χ1v) is 5.69. The zero-order valence-corrected chi connectivity index (χ0v) is 10.4. The van der Waals surface area contributed by atoms with Gasteiger partial charge in [0.05, 0.1) is 7.11 Å². The molecular formula is C15H13NO3. The second-order valence-corrected chi connectivity index (χ2v) is 4.02. The SMILES string of the molecule is COc1cc(C(N)=O)ccc1-c1cccc(C=O)c1. The van der Waals surface area contributed by atoms with Gasteiger partial charge in [-0.05, 0) is 29.8 Å². The second-order valence-electron chi connectivity index (χ2n) is 4.02. The van der Waals surface area contributed by atoms with Crippen molar-refractivity contribution in [3.63, 3.8) is 0 Å². The molecule has 0 fully saturated rings. The van der Waals surface area contributed by atoms with Crippen molar-refractivity contribution in [2.75, 3.05) is 7.11 Å². The van der Waals surface area contributed by atoms with Crippen molar-refractivity contribution in [1.29, 1.82) is 0 Å². The minimum atomic E-state index is -0.508. The van der Waals surface area contributed by atoms with E-state index in [9.17, 15) is 9.59 Å². The van der Waals surface area contributed by atoms with Gasteiger partial charge in [0, 0.05) is 16.7 Å². The minimum Gasteiger partial charge on any atom is -0.496 e. The predicted octanol–water partition coefficient (Wildman–Crippen LogP) is 2.27. The molecule has 0 radical (unpaired) electrons. The molecule has 0 aliphatic carbocycles. The number of amides is 1. The lowest BCUT2D eigenvalue weighted by Gasteiger charge is -2.10. The van der Waals surface area contributed by atoms with E-state index in [1.54, 1.807) is 36.4 Å². The zero-order valence-electron chi connectivity index (χ0n) is 10.4. The lowest BCUT2D eigenvalue weighted by molar-refractivity contribution is 0.0999. The van der Waals surface area contributed by atoms with E-state index in [1.807, 2.05) is 6.07 Å². The average molecular weight is 255 g/mol. The van der Waals surface area contributed by atoms with Crippen molar-refractivity contribution in [2.24, 2.45) is 5.73 Å². The highest BCUT2D eigenvalue weighted by Gasteiger charge is 2.09. The Kier molecular flexibility index (Phi) is 3.61. The van der Waals surface area contributed by atoms with Gasteiger partial charge in [0.1, 0.15) is 12.0 Å². The molecule has 2 rings (SSSR count). The highest BCUT2D eigenvalue weighted by atomic mass is 16.5. The molecule has 0 aliphatic heterocycles. The normalized spacial score (nSPS) is 9.95. The molecule has 2 N–H and O–H groups in total. The lowest BCUT2D eigenvalue weighted by atomic mass is 10.0. The molecule has 0 bridgehead atoms. The Labute approximate surface area is 110 Å². The number of nitrogens with two attached hydrogens (primary N) is 1. The third-order valence-corrected chi connectivity index (χ3v) is 2.82. The van der Waals surface area contributed by atoms with Gasteiger partial charge in [-0.1, -0.05) is 18.2 Å². The van der Waals surface area contributed by atoms with Crippen LogP contribution in [0.3, 0.4) is 0 Å². The summed E-state index contributed by atoms with van der Waals surface area (Å²) in [5, 5.41) is 0. The molecule has 4 nitrogen and oxygen atoms in total. The van der Waals surface area contributed by atoms with E-state index in [0.29, 0.717) is 16.9 Å². The van der Waals surface area contributed by atoms with Crippen LogP contribution in [-0.4, -0.2) is 19.3 Å². The van der Waals surface area contributed by atoms with Gasteiger partial charge >= 0.3 is 0 Å². The van der Waals surface area contributed by atoms with E-state index in [0.717, 1.165) is 17.4 Å². The molecule has 0 spiro atoms. The molecule has 0 unspecified atom stereocenters. The van der Waals surface area contributed by atoms with E-state index in [2.05, 4.69) is 0 Å². The Balaban J connectivity index is 2.54. The number of carbonyl (C=O) groups is 2. The monoisotopic (exact) mass is 255 g/mol. The van der Waals surface area contributed by atoms with Crippen LogP contribution in [0.15, 0.2) is 42.5 Å². The Hall–Kier alpha value is -2.62. The topological polar surface area (TPSA) is 69.4 Å². The van der Waals surface area contributed by atoms with Crippen molar-refractivity contribution < 1.29 is 14.3 Å². The van der Waals surface area contributed by atoms with E-state index in [4.69, 9.17) is 10.5 Å². The summed E-state index contributed by atoms with van der Waals surface area (Å²) in [5.74, 6) is 0.0332. The summed E-state index contributed by atoms with van der Waals surface area (Å²) in [7, 11) is 1.52. The molecule has 0 heterocycles. The summed E-state index contributed by atoms with van der Waals surface area (Å²) in [4.78, 5) is 21.9. The standard InChI is InChI=1S/C15H13NO3/c1-19-14-8-12(15(16)18)5-6-13(14)11-4-2-3-10(7-11)9-17/h2-9H,1H3,(H2,16,18). The Morgan fingerprint density at radius 3 is 2.63 bits per heavy atom. The number of benzene rings is 2. The fraction of sp³-hybridized carbons (Fsp3) is 0.0667. The smallest absolute Gasteiger partial charge is 0.248 e. The molecule has 2 aromatic carbocycles. The number of ether oxygens (including phenoxy) is 1. The number of aldehydes is 1. The van der Waals surface area contributed by atoms with Crippen LogP contribution in [0.2, 0.25) is 0 Å². The van der Waals surface area contributed by atoms with E-state index >= 15 is 0 Å².